The minimum Gasteiger partial charge on any atom is -0.444 e. The van der Waals surface area contributed by atoms with Crippen molar-refractivity contribution in [3.05, 3.63) is 0 Å². The molecule has 1 rings (SSSR count). The average Bonchev–Trinajstić information content (AvgIpc) is 2.47. The van der Waals surface area contributed by atoms with Gasteiger partial charge in [-0.1, -0.05) is 0 Å². The number of carbonyl (C=O) groups is 2. The maximum Gasteiger partial charge on any atom is 0.407 e. The molecule has 16 heavy (non-hydrogen) atoms. The summed E-state index contributed by atoms with van der Waals surface area (Å²) in [6, 6.07) is -0.134. The first kappa shape index (κ1) is 13.0. The van der Waals surface area contributed by atoms with Crippen LogP contribution in [-0.2, 0) is 9.53 Å². The topological polar surface area (TPSA) is 55.4 Å². The van der Waals surface area contributed by atoms with E-state index in [1.807, 2.05) is 27.7 Å². The predicted octanol–water partition coefficient (Wildman–Crippen LogP) is 2.27. The van der Waals surface area contributed by atoms with Gasteiger partial charge >= 0.3 is 6.09 Å². The van der Waals surface area contributed by atoms with Crippen molar-refractivity contribution in [1.29, 1.82) is 0 Å². The van der Waals surface area contributed by atoms with E-state index in [9.17, 15) is 9.59 Å². The number of hydrogen-bond donors (Lipinski definition) is 1. The summed E-state index contributed by atoms with van der Waals surface area (Å²) in [5.74, 6) is 0.219. The fourth-order valence-electron chi connectivity index (χ4n) is 1.97. The summed E-state index contributed by atoms with van der Waals surface area (Å²) in [5, 5.41) is 2.73. The third-order valence-electron chi connectivity index (χ3n) is 2.70. The van der Waals surface area contributed by atoms with Crippen LogP contribution in [-0.4, -0.2) is 23.5 Å². The van der Waals surface area contributed by atoms with E-state index in [-0.39, 0.29) is 17.7 Å². The van der Waals surface area contributed by atoms with E-state index in [0.29, 0.717) is 6.42 Å². The molecule has 0 bridgehead atoms. The van der Waals surface area contributed by atoms with Gasteiger partial charge in [0.1, 0.15) is 11.4 Å². The minimum absolute atomic E-state index is 0.0347. The molecule has 0 aromatic heterocycles. The van der Waals surface area contributed by atoms with E-state index >= 15 is 0 Å². The van der Waals surface area contributed by atoms with Crippen molar-refractivity contribution in [2.75, 3.05) is 0 Å². The van der Waals surface area contributed by atoms with E-state index < -0.39 is 11.7 Å². The van der Waals surface area contributed by atoms with Crippen molar-refractivity contribution < 1.29 is 14.3 Å². The zero-order valence-electron chi connectivity index (χ0n) is 10.5. The van der Waals surface area contributed by atoms with E-state index in [0.717, 1.165) is 12.8 Å². The highest BCUT2D eigenvalue weighted by atomic mass is 16.6. The molecule has 4 nitrogen and oxygen atoms in total. The van der Waals surface area contributed by atoms with Gasteiger partial charge in [-0.3, -0.25) is 4.79 Å². The number of alkyl carbamates (subject to hydrolysis) is 1. The second-order valence-corrected chi connectivity index (χ2v) is 5.40. The molecule has 92 valence electrons. The zero-order chi connectivity index (χ0) is 12.3. The molecule has 0 heterocycles. The molecule has 2 unspecified atom stereocenters. The first-order chi connectivity index (χ1) is 7.29. The van der Waals surface area contributed by atoms with Gasteiger partial charge in [-0.05, 0) is 40.5 Å². The minimum atomic E-state index is -0.497. The number of ether oxygens (including phenoxy) is 1. The van der Waals surface area contributed by atoms with Crippen LogP contribution in [0.15, 0.2) is 0 Å². The van der Waals surface area contributed by atoms with Crippen molar-refractivity contribution in [2.45, 2.75) is 58.6 Å². The summed E-state index contributed by atoms with van der Waals surface area (Å²) in [6.45, 7) is 7.31. The first-order valence-corrected chi connectivity index (χ1v) is 5.82. The molecule has 1 N–H and O–H groups in total. The number of carbonyl (C=O) groups excluding carboxylic acids is 2. The Morgan fingerprint density at radius 2 is 2.12 bits per heavy atom. The summed E-state index contributed by atoms with van der Waals surface area (Å²) in [5.41, 5.74) is -0.497. The van der Waals surface area contributed by atoms with Crippen LogP contribution in [0.4, 0.5) is 4.79 Å². The number of Topliss-reactive ketones (excluding diaryl/α,β-unsaturated/α-hetero) is 1. The first-order valence-electron chi connectivity index (χ1n) is 5.82. The van der Waals surface area contributed by atoms with Crippen molar-refractivity contribution in [3.63, 3.8) is 0 Å². The molecule has 1 saturated carbocycles. The molecular weight excluding hydrogens is 206 g/mol. The molecule has 0 aliphatic heterocycles. The average molecular weight is 227 g/mol. The fourth-order valence-corrected chi connectivity index (χ4v) is 1.97. The van der Waals surface area contributed by atoms with Gasteiger partial charge in [-0.15, -0.1) is 0 Å². The third-order valence-corrected chi connectivity index (χ3v) is 2.70. The molecule has 0 radical (unpaired) electrons. The lowest BCUT2D eigenvalue weighted by atomic mass is 9.99. The van der Waals surface area contributed by atoms with Crippen LogP contribution in [0.3, 0.4) is 0 Å². The monoisotopic (exact) mass is 227 g/mol. The summed E-state index contributed by atoms with van der Waals surface area (Å²) in [6.07, 6.45) is 2.00. The molecule has 1 amide bonds. The second-order valence-electron chi connectivity index (χ2n) is 5.40. The van der Waals surface area contributed by atoms with Crippen LogP contribution in [0.5, 0.6) is 0 Å². The van der Waals surface area contributed by atoms with Crippen molar-refractivity contribution >= 4 is 11.9 Å². The lowest BCUT2D eigenvalue weighted by molar-refractivity contribution is -0.121. The Morgan fingerprint density at radius 1 is 1.50 bits per heavy atom. The Bertz CT molecular complexity index is 280. The van der Waals surface area contributed by atoms with E-state index in [1.165, 1.54) is 0 Å². The van der Waals surface area contributed by atoms with Crippen molar-refractivity contribution in [1.82, 2.24) is 5.32 Å². The van der Waals surface area contributed by atoms with E-state index in [1.54, 1.807) is 0 Å². The standard InChI is InChI=1S/C12H21NO3/c1-8(9-6-5-7-10(9)14)13-11(15)16-12(2,3)4/h8-9H,5-7H2,1-4H3,(H,13,15). The number of ketones is 1. The number of hydrogen-bond acceptors (Lipinski definition) is 3. The maximum atomic E-state index is 11.5. The van der Waals surface area contributed by atoms with Crippen LogP contribution < -0.4 is 5.32 Å². The molecular formula is C12H21NO3. The Balaban J connectivity index is 2.42. The summed E-state index contributed by atoms with van der Waals surface area (Å²) >= 11 is 0. The van der Waals surface area contributed by atoms with Gasteiger partial charge in [0, 0.05) is 18.4 Å². The van der Waals surface area contributed by atoms with Gasteiger partial charge in [-0.25, -0.2) is 4.79 Å². The van der Waals surface area contributed by atoms with Gasteiger partial charge in [0.05, 0.1) is 0 Å². The van der Waals surface area contributed by atoms with Gasteiger partial charge in [0.2, 0.25) is 0 Å². The van der Waals surface area contributed by atoms with Gasteiger partial charge in [0.25, 0.3) is 0 Å². The highest BCUT2D eigenvalue weighted by molar-refractivity contribution is 5.84. The summed E-state index contributed by atoms with van der Waals surface area (Å²) in [7, 11) is 0. The van der Waals surface area contributed by atoms with Crippen molar-refractivity contribution in [3.8, 4) is 0 Å². The van der Waals surface area contributed by atoms with Crippen molar-refractivity contribution in [2.24, 2.45) is 5.92 Å². The predicted molar refractivity (Wildman–Crippen MR) is 61.2 cm³/mol. The number of nitrogens with one attached hydrogen (secondary N) is 1. The Kier molecular flexibility index (Phi) is 3.94. The van der Waals surface area contributed by atoms with E-state index in [4.69, 9.17) is 4.74 Å². The Morgan fingerprint density at radius 3 is 2.56 bits per heavy atom. The van der Waals surface area contributed by atoms with Crippen LogP contribution in [0.1, 0.15) is 47.0 Å². The highest BCUT2D eigenvalue weighted by Gasteiger charge is 2.31. The maximum absolute atomic E-state index is 11.5. The third kappa shape index (κ3) is 3.83. The molecule has 1 aliphatic rings. The number of amides is 1. The Labute approximate surface area is 96.7 Å². The molecule has 2 atom stereocenters. The smallest absolute Gasteiger partial charge is 0.407 e. The quantitative estimate of drug-likeness (QED) is 0.787. The molecule has 4 heteroatoms. The van der Waals surface area contributed by atoms with Gasteiger partial charge < -0.3 is 10.1 Å². The largest absolute Gasteiger partial charge is 0.444 e. The van der Waals surface area contributed by atoms with Crippen LogP contribution in [0, 0.1) is 5.92 Å². The zero-order valence-corrected chi connectivity index (χ0v) is 10.5. The molecule has 1 aliphatic carbocycles. The summed E-state index contributed by atoms with van der Waals surface area (Å²) in [4.78, 5) is 23.0. The van der Waals surface area contributed by atoms with Crippen LogP contribution >= 0.6 is 0 Å². The SMILES string of the molecule is CC(NC(=O)OC(C)(C)C)C1CCCC1=O. The molecule has 0 aromatic rings. The van der Waals surface area contributed by atoms with Gasteiger partial charge in [0.15, 0.2) is 0 Å². The second kappa shape index (κ2) is 4.85. The molecule has 0 saturated heterocycles. The van der Waals surface area contributed by atoms with Crippen LogP contribution in [0.25, 0.3) is 0 Å². The highest BCUT2D eigenvalue weighted by Crippen LogP contribution is 2.24. The lowest BCUT2D eigenvalue weighted by Crippen LogP contribution is -2.42. The van der Waals surface area contributed by atoms with Crippen LogP contribution in [0.2, 0.25) is 0 Å². The fraction of sp³-hybridized carbons (Fsp3) is 0.833. The Hall–Kier alpha value is -1.06. The molecule has 1 fully saturated rings. The lowest BCUT2D eigenvalue weighted by Gasteiger charge is -2.24. The van der Waals surface area contributed by atoms with E-state index in [2.05, 4.69) is 5.32 Å². The number of rotatable bonds is 2. The molecule has 0 spiro atoms. The summed E-state index contributed by atoms with van der Waals surface area (Å²) < 4.78 is 5.14. The normalized spacial score (nSPS) is 23.0. The van der Waals surface area contributed by atoms with Gasteiger partial charge in [-0.2, -0.15) is 0 Å². The molecule has 0 aromatic carbocycles.